The summed E-state index contributed by atoms with van der Waals surface area (Å²) in [5.41, 5.74) is 15.7. The first kappa shape index (κ1) is 46.5. The largest absolute Gasteiger partial charge is 0.480 e. The van der Waals surface area contributed by atoms with Crippen molar-refractivity contribution in [2.45, 2.75) is 45.0 Å². The first-order valence-corrected chi connectivity index (χ1v) is 18.7. The van der Waals surface area contributed by atoms with Crippen molar-refractivity contribution in [3.05, 3.63) is 81.7 Å². The number of alkyl carbamates (subject to hydrolysis) is 1. The highest BCUT2D eigenvalue weighted by molar-refractivity contribution is 6.00. The number of hydrogen-bond acceptors (Lipinski definition) is 15. The van der Waals surface area contributed by atoms with Gasteiger partial charge in [-0.05, 0) is 18.4 Å². The van der Waals surface area contributed by atoms with E-state index in [0.717, 1.165) is 28.1 Å². The van der Waals surface area contributed by atoms with E-state index in [0.29, 0.717) is 10.5 Å². The van der Waals surface area contributed by atoms with Crippen LogP contribution in [0.1, 0.15) is 24.8 Å². The Balaban J connectivity index is 1.48. The molecule has 0 fully saturated rings. The first-order valence-electron chi connectivity index (χ1n) is 18.7. The summed E-state index contributed by atoms with van der Waals surface area (Å²) in [5, 5.41) is 16.7. The molecule has 3 aromatic heterocycles. The lowest BCUT2D eigenvalue weighted by Crippen LogP contribution is -2.52. The number of aromatic amines is 1. The Morgan fingerprint density at radius 2 is 1.63 bits per heavy atom. The van der Waals surface area contributed by atoms with Gasteiger partial charge in [0.25, 0.3) is 5.56 Å². The number of nitrogens with one attached hydrogen (secondary N) is 4. The molecule has 0 saturated heterocycles. The molecule has 62 heavy (non-hydrogen) atoms. The average molecular weight is 864 g/mol. The van der Waals surface area contributed by atoms with Crippen LogP contribution in [0.25, 0.3) is 11.2 Å². The molecule has 26 nitrogen and oxygen atoms in total. The fourth-order valence-electron chi connectivity index (χ4n) is 5.53. The minimum Gasteiger partial charge on any atom is -0.480 e. The summed E-state index contributed by atoms with van der Waals surface area (Å²) in [7, 11) is 0. The summed E-state index contributed by atoms with van der Waals surface area (Å²) in [6.07, 6.45) is 2.42. The molecule has 11 N–H and O–H groups in total. The third-order valence-corrected chi connectivity index (χ3v) is 8.64. The number of fused-ring (bicyclic) bond motifs is 1. The predicted molar refractivity (Wildman–Crippen MR) is 216 cm³/mol. The number of nitrogen functional groups attached to an aromatic ring is 1. The lowest BCUT2D eigenvalue weighted by Gasteiger charge is -2.27. The second-order valence-electron chi connectivity index (χ2n) is 13.2. The molecular weight excluding hydrogens is 818 g/mol. The highest BCUT2D eigenvalue weighted by Crippen LogP contribution is 2.14. The maximum Gasteiger partial charge on any atom is 0.407 e. The number of rotatable bonds is 22. The molecule has 330 valence electrons. The number of benzene rings is 1. The van der Waals surface area contributed by atoms with E-state index in [2.05, 4.69) is 35.9 Å². The highest BCUT2D eigenvalue weighted by Gasteiger charge is 2.29. The lowest BCUT2D eigenvalue weighted by molar-refractivity contribution is -0.151. The number of H-pyrrole nitrogens is 1. The van der Waals surface area contributed by atoms with Gasteiger partial charge in [0.2, 0.25) is 29.5 Å². The van der Waals surface area contributed by atoms with Gasteiger partial charge in [-0.1, -0.05) is 30.3 Å². The molecule has 1 aromatic carbocycles. The molecule has 1 atom stereocenters. The van der Waals surface area contributed by atoms with Gasteiger partial charge < -0.3 is 52.5 Å². The van der Waals surface area contributed by atoms with Gasteiger partial charge in [-0.2, -0.15) is 0 Å². The third kappa shape index (κ3) is 14.6. The number of carboxylic acids is 1. The summed E-state index contributed by atoms with van der Waals surface area (Å²) < 4.78 is 7.32. The molecule has 3 heterocycles. The number of aliphatic imine (C=N–C) groups is 1. The number of anilines is 1. The van der Waals surface area contributed by atoms with E-state index in [-0.39, 0.29) is 68.6 Å². The van der Waals surface area contributed by atoms with E-state index in [1.807, 2.05) is 4.98 Å². The molecule has 0 unspecified atom stereocenters. The summed E-state index contributed by atoms with van der Waals surface area (Å²) in [4.78, 5) is 135. The third-order valence-electron chi connectivity index (χ3n) is 8.64. The van der Waals surface area contributed by atoms with Crippen LogP contribution in [0.3, 0.4) is 0 Å². The predicted octanol–water partition coefficient (Wildman–Crippen LogP) is -3.80. The van der Waals surface area contributed by atoms with Gasteiger partial charge in [-0.3, -0.25) is 48.2 Å². The van der Waals surface area contributed by atoms with Gasteiger partial charge in [0.1, 0.15) is 50.7 Å². The number of nitrogens with zero attached hydrogens (tertiary/aromatic N) is 8. The molecule has 0 radical (unpaired) electrons. The molecular formula is C36H45N15O11. The lowest BCUT2D eigenvalue weighted by atomic mass is 10.1. The normalized spacial score (nSPS) is 11.2. The zero-order chi connectivity index (χ0) is 45.2. The fourth-order valence-corrected chi connectivity index (χ4v) is 5.53. The Morgan fingerprint density at radius 3 is 2.34 bits per heavy atom. The van der Waals surface area contributed by atoms with Crippen molar-refractivity contribution in [1.29, 1.82) is 0 Å². The van der Waals surface area contributed by atoms with E-state index in [1.165, 1.54) is 10.9 Å². The monoisotopic (exact) mass is 863 g/mol. The molecule has 0 spiro atoms. The zero-order valence-electron chi connectivity index (χ0n) is 33.1. The van der Waals surface area contributed by atoms with Crippen molar-refractivity contribution in [2.24, 2.45) is 16.5 Å². The van der Waals surface area contributed by atoms with Crippen LogP contribution in [0.5, 0.6) is 0 Å². The van der Waals surface area contributed by atoms with Crippen molar-refractivity contribution in [3.8, 4) is 0 Å². The summed E-state index contributed by atoms with van der Waals surface area (Å²) in [5.74, 6) is -6.09. The molecule has 4 rings (SSSR count). The number of nitrogens with two attached hydrogens (primary N) is 3. The maximum atomic E-state index is 14.0. The molecule has 0 aliphatic carbocycles. The zero-order valence-corrected chi connectivity index (χ0v) is 33.1. The number of carboxylic acid groups (broad SMARTS) is 1. The SMILES string of the molecule is NC(N)=NCCC[C@H](NC(=O)CCNC(=O)CN(C(=O)CN(CCNC(=O)OCc1ccccc1)C(=O)Cn1cnc2c(N)ncnc21)C(=O)Cn1ccc(=O)[nH]c1=O)C(=O)O. The van der Waals surface area contributed by atoms with Gasteiger partial charge >= 0.3 is 17.8 Å². The summed E-state index contributed by atoms with van der Waals surface area (Å²) >= 11 is 0. The van der Waals surface area contributed by atoms with Crippen LogP contribution in [-0.4, -0.2) is 137 Å². The van der Waals surface area contributed by atoms with E-state index in [9.17, 15) is 48.3 Å². The molecule has 4 aromatic rings. The quantitative estimate of drug-likeness (QED) is 0.0213. The molecule has 0 aliphatic heterocycles. The van der Waals surface area contributed by atoms with Crippen molar-refractivity contribution >= 4 is 64.5 Å². The van der Waals surface area contributed by atoms with Crippen LogP contribution in [0.15, 0.2) is 69.8 Å². The van der Waals surface area contributed by atoms with Crippen LogP contribution >= 0.6 is 0 Å². The number of imidazole rings is 1. The standard InChI is InChI=1S/C36H45N15O11/c37-31-30-32(44-20-43-31)50(21-45-30)16-27(55)48(14-12-42-36(61)62-19-22-5-2-1-3-6-22)17-28(56)51(29(57)18-49-13-9-25(53)47-35(49)60)15-26(54)40-11-8-24(52)46-23(33(58)59)7-4-10-41-34(38)39/h1-3,5-6,9,13,20-21,23H,4,7-8,10-12,14-19H2,(H,40,54)(H,42,61)(H,46,52)(H,58,59)(H2,37,43,44)(H4,38,39,41)(H,47,53,60)/t23-/m0/s1. The van der Waals surface area contributed by atoms with Crippen molar-refractivity contribution < 1.29 is 43.4 Å². The second kappa shape index (κ2) is 22.8. The Kier molecular flexibility index (Phi) is 17.1. The van der Waals surface area contributed by atoms with Crippen LogP contribution in [0.4, 0.5) is 10.6 Å². The van der Waals surface area contributed by atoms with Gasteiger partial charge in [0, 0.05) is 44.9 Å². The number of aliphatic carboxylic acids is 1. The Labute approximate surface area is 350 Å². The van der Waals surface area contributed by atoms with Crippen LogP contribution < -0.4 is 44.4 Å². The molecule has 0 aliphatic rings. The smallest absolute Gasteiger partial charge is 0.407 e. The van der Waals surface area contributed by atoms with Gasteiger partial charge in [0.15, 0.2) is 17.4 Å². The van der Waals surface area contributed by atoms with Gasteiger partial charge in [-0.25, -0.2) is 29.3 Å². The number of carbonyl (C=O) groups is 7. The molecule has 0 bridgehead atoms. The highest BCUT2D eigenvalue weighted by atomic mass is 16.5. The number of guanidine groups is 1. The molecule has 0 saturated carbocycles. The van der Waals surface area contributed by atoms with Crippen LogP contribution in [-0.2, 0) is 53.2 Å². The van der Waals surface area contributed by atoms with Crippen molar-refractivity contribution in [3.63, 3.8) is 0 Å². The topological polar surface area (TPSA) is 380 Å². The van der Waals surface area contributed by atoms with Crippen LogP contribution in [0.2, 0.25) is 0 Å². The fraction of sp³-hybridized carbons (Fsp3) is 0.361. The number of aromatic nitrogens is 6. The first-order chi connectivity index (χ1) is 29.6. The summed E-state index contributed by atoms with van der Waals surface area (Å²) in [6.45, 7) is -3.94. The van der Waals surface area contributed by atoms with Gasteiger partial charge in [0.05, 0.1) is 6.33 Å². The average Bonchev–Trinajstić information content (AvgIpc) is 3.64. The maximum absolute atomic E-state index is 14.0. The summed E-state index contributed by atoms with van der Waals surface area (Å²) in [6, 6.07) is 8.47. The minimum atomic E-state index is -1.32. The minimum absolute atomic E-state index is 0.00236. The number of ether oxygens (including phenoxy) is 1. The van der Waals surface area contributed by atoms with E-state index in [1.54, 1.807) is 30.3 Å². The van der Waals surface area contributed by atoms with Gasteiger partial charge in [-0.15, -0.1) is 0 Å². The Bertz CT molecular complexity index is 2390. The van der Waals surface area contributed by atoms with Crippen LogP contribution in [0, 0.1) is 0 Å². The van der Waals surface area contributed by atoms with E-state index < -0.39 is 91.5 Å². The van der Waals surface area contributed by atoms with E-state index in [4.69, 9.17) is 21.9 Å². The van der Waals surface area contributed by atoms with Crippen molar-refractivity contribution in [2.75, 3.05) is 45.0 Å². The molecule has 26 heteroatoms. The number of hydrogen-bond donors (Lipinski definition) is 8. The Hall–Kier alpha value is -8.19. The molecule has 6 amide bonds. The van der Waals surface area contributed by atoms with Crippen molar-refractivity contribution in [1.82, 2.24) is 54.8 Å². The number of carbonyl (C=O) groups excluding carboxylic acids is 6. The number of imide groups is 1. The second-order valence-corrected chi connectivity index (χ2v) is 13.2. The Morgan fingerprint density at radius 1 is 0.887 bits per heavy atom. The van der Waals surface area contributed by atoms with E-state index >= 15 is 0 Å². The number of amides is 6.